The van der Waals surface area contributed by atoms with Gasteiger partial charge in [-0.25, -0.2) is 0 Å². The molecule has 0 spiro atoms. The highest BCUT2D eigenvalue weighted by atomic mass is 32.2. The number of hydrogen-bond acceptors (Lipinski definition) is 3. The van der Waals surface area contributed by atoms with Crippen molar-refractivity contribution >= 4 is 20.9 Å². The average Bonchev–Trinajstić information content (AvgIpc) is 2.51. The Morgan fingerprint density at radius 2 is 1.78 bits per heavy atom. The van der Waals surface area contributed by atoms with Gasteiger partial charge < -0.3 is 5.11 Å². The standard InChI is InChI=1S/C11H10O4S.C7H10/c1-7-10(16(13,14)15)6-8-4-2-3-5-9(8)11(7)12;1-3-5-7-6-4-2/h2-6,12H,1H3,(H,13,14,15);3-7H,1H2,2H3/b;6-4-,7-5-. The number of fused-ring (bicyclic) bond motifs is 1. The molecule has 0 bridgehead atoms. The van der Waals surface area contributed by atoms with E-state index in [4.69, 9.17) is 4.55 Å². The molecule has 0 amide bonds. The third-order valence-corrected chi connectivity index (χ3v) is 4.04. The fraction of sp³-hybridized carbons (Fsp3) is 0.111. The first-order chi connectivity index (χ1) is 10.8. The van der Waals surface area contributed by atoms with E-state index in [1.165, 1.54) is 13.0 Å². The Kier molecular flexibility index (Phi) is 6.75. The van der Waals surface area contributed by atoms with Gasteiger partial charge in [-0.05, 0) is 25.3 Å². The normalized spacial score (nSPS) is 11.6. The van der Waals surface area contributed by atoms with Crippen LogP contribution in [0, 0.1) is 6.92 Å². The number of allylic oxidation sites excluding steroid dienone is 5. The van der Waals surface area contributed by atoms with Crippen molar-refractivity contribution < 1.29 is 18.1 Å². The summed E-state index contributed by atoms with van der Waals surface area (Å²) in [6.07, 6.45) is 9.51. The maximum atomic E-state index is 11.1. The lowest BCUT2D eigenvalue weighted by molar-refractivity contribution is 0.466. The van der Waals surface area contributed by atoms with Crippen LogP contribution in [0.25, 0.3) is 10.8 Å². The molecular weight excluding hydrogens is 312 g/mol. The van der Waals surface area contributed by atoms with Gasteiger partial charge in [0.1, 0.15) is 10.6 Å². The summed E-state index contributed by atoms with van der Waals surface area (Å²) in [6.45, 7) is 6.94. The second-order valence-corrected chi connectivity index (χ2v) is 6.08. The minimum Gasteiger partial charge on any atom is -0.507 e. The molecular formula is C18H20O4S. The molecule has 0 aromatic heterocycles. The van der Waals surface area contributed by atoms with Crippen LogP contribution in [0.4, 0.5) is 0 Å². The Bertz CT molecular complexity index is 847. The fourth-order valence-corrected chi connectivity index (χ4v) is 2.69. The van der Waals surface area contributed by atoms with Gasteiger partial charge in [0, 0.05) is 10.9 Å². The van der Waals surface area contributed by atoms with Crippen molar-refractivity contribution in [2.24, 2.45) is 0 Å². The van der Waals surface area contributed by atoms with Crippen LogP contribution >= 0.6 is 0 Å². The maximum absolute atomic E-state index is 11.1. The monoisotopic (exact) mass is 332 g/mol. The molecule has 0 saturated heterocycles. The van der Waals surface area contributed by atoms with Crippen LogP contribution in [0.1, 0.15) is 12.5 Å². The van der Waals surface area contributed by atoms with Crippen LogP contribution in [-0.2, 0) is 10.1 Å². The van der Waals surface area contributed by atoms with Crippen LogP contribution in [0.15, 0.2) is 72.2 Å². The summed E-state index contributed by atoms with van der Waals surface area (Å²) in [5, 5.41) is 11.0. The fourth-order valence-electron chi connectivity index (χ4n) is 1.93. The van der Waals surface area contributed by atoms with Crippen molar-refractivity contribution in [1.82, 2.24) is 0 Å². The zero-order valence-corrected chi connectivity index (χ0v) is 13.9. The molecule has 2 aromatic carbocycles. The Hall–Kier alpha value is -2.37. The van der Waals surface area contributed by atoms with Gasteiger partial charge in [-0.1, -0.05) is 61.2 Å². The van der Waals surface area contributed by atoms with E-state index in [1.54, 1.807) is 30.3 Å². The average molecular weight is 332 g/mol. The molecule has 0 aliphatic carbocycles. The van der Waals surface area contributed by atoms with E-state index < -0.39 is 10.1 Å². The molecule has 0 radical (unpaired) electrons. The number of rotatable bonds is 3. The number of benzene rings is 2. The van der Waals surface area contributed by atoms with Crippen molar-refractivity contribution in [3.63, 3.8) is 0 Å². The van der Waals surface area contributed by atoms with Crippen molar-refractivity contribution in [2.75, 3.05) is 0 Å². The van der Waals surface area contributed by atoms with E-state index in [2.05, 4.69) is 6.58 Å². The minimum absolute atomic E-state index is 0.120. The van der Waals surface area contributed by atoms with E-state index in [0.717, 1.165) is 0 Å². The van der Waals surface area contributed by atoms with E-state index in [-0.39, 0.29) is 16.2 Å². The first-order valence-corrected chi connectivity index (χ1v) is 8.36. The first-order valence-electron chi connectivity index (χ1n) is 6.92. The molecule has 5 heteroatoms. The van der Waals surface area contributed by atoms with E-state index in [9.17, 15) is 13.5 Å². The second kappa shape index (κ2) is 8.31. The zero-order valence-electron chi connectivity index (χ0n) is 13.1. The third-order valence-electron chi connectivity index (χ3n) is 3.06. The van der Waals surface area contributed by atoms with Crippen molar-refractivity contribution in [3.05, 3.63) is 72.9 Å². The number of hydrogen-bond donors (Lipinski definition) is 2. The van der Waals surface area contributed by atoms with Crippen LogP contribution in [0.2, 0.25) is 0 Å². The van der Waals surface area contributed by atoms with E-state index in [1.807, 2.05) is 31.2 Å². The molecule has 2 N–H and O–H groups in total. The summed E-state index contributed by atoms with van der Waals surface area (Å²) >= 11 is 0. The second-order valence-electron chi connectivity index (χ2n) is 4.69. The predicted molar refractivity (Wildman–Crippen MR) is 94.3 cm³/mol. The minimum atomic E-state index is -4.31. The molecule has 4 nitrogen and oxygen atoms in total. The zero-order chi connectivity index (χ0) is 17.5. The Balaban J connectivity index is 0.000000322. The predicted octanol–water partition coefficient (Wildman–Crippen LogP) is 4.41. The highest BCUT2D eigenvalue weighted by Crippen LogP contribution is 2.33. The van der Waals surface area contributed by atoms with Crippen LogP contribution in [-0.4, -0.2) is 18.1 Å². The van der Waals surface area contributed by atoms with Gasteiger partial charge >= 0.3 is 0 Å². The molecule has 122 valence electrons. The lowest BCUT2D eigenvalue weighted by atomic mass is 10.1. The summed E-state index contributed by atoms with van der Waals surface area (Å²) in [5.74, 6) is -0.120. The molecule has 0 fully saturated rings. The Morgan fingerprint density at radius 3 is 2.35 bits per heavy atom. The van der Waals surface area contributed by atoms with E-state index in [0.29, 0.717) is 10.8 Å². The molecule has 0 unspecified atom stereocenters. The first kappa shape index (κ1) is 18.7. The number of aromatic hydroxyl groups is 1. The van der Waals surface area contributed by atoms with Crippen LogP contribution in [0.3, 0.4) is 0 Å². The van der Waals surface area contributed by atoms with Gasteiger partial charge in [0.15, 0.2) is 0 Å². The van der Waals surface area contributed by atoms with Gasteiger partial charge in [-0.3, -0.25) is 4.55 Å². The summed E-state index contributed by atoms with van der Waals surface area (Å²) in [7, 11) is -4.31. The molecule has 2 rings (SSSR count). The van der Waals surface area contributed by atoms with Crippen LogP contribution < -0.4 is 0 Å². The van der Waals surface area contributed by atoms with Gasteiger partial charge in [0.05, 0.1) is 0 Å². The SMILES string of the molecule is C=C/C=C\C=C/C.Cc1c(S(=O)(=O)O)cc2ccccc2c1O. The molecule has 0 aliphatic heterocycles. The quantitative estimate of drug-likeness (QED) is 0.645. The Morgan fingerprint density at radius 1 is 1.13 bits per heavy atom. The molecule has 0 saturated carbocycles. The Labute approximate surface area is 136 Å². The highest BCUT2D eigenvalue weighted by Gasteiger charge is 2.17. The summed E-state index contributed by atoms with van der Waals surface area (Å²) in [5.41, 5.74) is 0.154. The van der Waals surface area contributed by atoms with Gasteiger partial charge in [0.2, 0.25) is 0 Å². The number of phenols is 1. The van der Waals surface area contributed by atoms with Crippen molar-refractivity contribution in [2.45, 2.75) is 18.7 Å². The molecule has 0 heterocycles. The van der Waals surface area contributed by atoms with Crippen LogP contribution in [0.5, 0.6) is 5.75 Å². The molecule has 2 aromatic rings. The number of phenolic OH excluding ortho intramolecular Hbond substituents is 1. The third kappa shape index (κ3) is 5.09. The molecule has 0 atom stereocenters. The summed E-state index contributed by atoms with van der Waals surface area (Å²) in [6, 6.07) is 8.17. The molecule has 0 aliphatic rings. The molecule has 23 heavy (non-hydrogen) atoms. The highest BCUT2D eigenvalue weighted by molar-refractivity contribution is 7.85. The smallest absolute Gasteiger partial charge is 0.294 e. The topological polar surface area (TPSA) is 74.6 Å². The van der Waals surface area contributed by atoms with Crippen molar-refractivity contribution in [1.29, 1.82) is 0 Å². The van der Waals surface area contributed by atoms with E-state index >= 15 is 0 Å². The van der Waals surface area contributed by atoms with Crippen molar-refractivity contribution in [3.8, 4) is 5.75 Å². The lowest BCUT2D eigenvalue weighted by Crippen LogP contribution is -2.01. The van der Waals surface area contributed by atoms with Gasteiger partial charge in [0.25, 0.3) is 10.1 Å². The van der Waals surface area contributed by atoms with Gasteiger partial charge in [-0.15, -0.1) is 0 Å². The summed E-state index contributed by atoms with van der Waals surface area (Å²) < 4.78 is 31.2. The summed E-state index contributed by atoms with van der Waals surface area (Å²) in [4.78, 5) is -0.260. The largest absolute Gasteiger partial charge is 0.507 e. The maximum Gasteiger partial charge on any atom is 0.294 e. The van der Waals surface area contributed by atoms with Gasteiger partial charge in [-0.2, -0.15) is 8.42 Å². The lowest BCUT2D eigenvalue weighted by Gasteiger charge is -2.08.